The number of amides is 1. The number of hydrogen-bond donors (Lipinski definition) is 0. The first-order valence-corrected chi connectivity index (χ1v) is 5.96. The molecule has 0 aliphatic carbocycles. The smallest absolute Gasteiger partial charge is 0.415 e. The van der Waals surface area contributed by atoms with Gasteiger partial charge >= 0.3 is 6.09 Å². The van der Waals surface area contributed by atoms with Gasteiger partial charge in [0.2, 0.25) is 0 Å². The van der Waals surface area contributed by atoms with Gasteiger partial charge in [-0.15, -0.1) is 0 Å². The Balaban J connectivity index is 1.94. The number of halogens is 1. The summed E-state index contributed by atoms with van der Waals surface area (Å²) in [5.74, 6) is 0.377. The standard InChI is InChI=1S/C13H12ClN3O2/c1-17(12-8-15-11(14)7-16-12)13(18)19-9-10-5-3-2-4-6-10/h2-8H,9H2,1H3. The number of ether oxygens (including phenoxy) is 1. The third kappa shape index (κ3) is 3.66. The molecule has 0 N–H and O–H groups in total. The molecule has 98 valence electrons. The molecule has 0 spiro atoms. The van der Waals surface area contributed by atoms with Gasteiger partial charge in [-0.1, -0.05) is 41.9 Å². The largest absolute Gasteiger partial charge is 0.444 e. The molecule has 1 amide bonds. The van der Waals surface area contributed by atoms with Crippen LogP contribution in [0.5, 0.6) is 0 Å². The summed E-state index contributed by atoms with van der Waals surface area (Å²) in [6.07, 6.45) is 2.28. The van der Waals surface area contributed by atoms with Crippen molar-refractivity contribution >= 4 is 23.5 Å². The van der Waals surface area contributed by atoms with Gasteiger partial charge in [0.05, 0.1) is 12.4 Å². The minimum Gasteiger partial charge on any atom is -0.444 e. The van der Waals surface area contributed by atoms with E-state index in [2.05, 4.69) is 9.97 Å². The van der Waals surface area contributed by atoms with Crippen molar-refractivity contribution in [2.24, 2.45) is 0 Å². The number of anilines is 1. The van der Waals surface area contributed by atoms with Gasteiger partial charge in [0.25, 0.3) is 0 Å². The summed E-state index contributed by atoms with van der Waals surface area (Å²) >= 11 is 5.63. The van der Waals surface area contributed by atoms with Gasteiger partial charge in [0, 0.05) is 7.05 Å². The molecule has 19 heavy (non-hydrogen) atoms. The van der Waals surface area contributed by atoms with Crippen LogP contribution in [0.25, 0.3) is 0 Å². The number of carbonyl (C=O) groups excluding carboxylic acids is 1. The number of hydrogen-bond acceptors (Lipinski definition) is 4. The molecular formula is C13H12ClN3O2. The van der Waals surface area contributed by atoms with E-state index in [0.29, 0.717) is 5.82 Å². The first-order valence-electron chi connectivity index (χ1n) is 5.59. The van der Waals surface area contributed by atoms with Crippen LogP contribution in [0.2, 0.25) is 5.15 Å². The number of rotatable bonds is 3. The molecule has 0 saturated heterocycles. The quantitative estimate of drug-likeness (QED) is 0.866. The van der Waals surface area contributed by atoms with Crippen LogP contribution in [0.4, 0.5) is 10.6 Å². The van der Waals surface area contributed by atoms with E-state index in [1.54, 1.807) is 7.05 Å². The lowest BCUT2D eigenvalue weighted by molar-refractivity contribution is 0.148. The molecule has 0 saturated carbocycles. The maximum absolute atomic E-state index is 11.8. The lowest BCUT2D eigenvalue weighted by Crippen LogP contribution is -2.27. The second kappa shape index (κ2) is 6.15. The second-order valence-electron chi connectivity index (χ2n) is 3.80. The van der Waals surface area contributed by atoms with E-state index in [1.165, 1.54) is 17.3 Å². The molecule has 0 aliphatic heterocycles. The second-order valence-corrected chi connectivity index (χ2v) is 4.18. The van der Waals surface area contributed by atoms with Gasteiger partial charge in [-0.3, -0.25) is 4.90 Å². The Bertz CT molecular complexity index is 546. The average molecular weight is 278 g/mol. The number of aromatic nitrogens is 2. The highest BCUT2D eigenvalue weighted by atomic mass is 35.5. The zero-order valence-corrected chi connectivity index (χ0v) is 11.0. The third-order valence-corrected chi connectivity index (χ3v) is 2.62. The van der Waals surface area contributed by atoms with Crippen molar-refractivity contribution in [3.63, 3.8) is 0 Å². The fraction of sp³-hybridized carbons (Fsp3) is 0.154. The molecule has 1 aromatic heterocycles. The van der Waals surface area contributed by atoms with Gasteiger partial charge in [0.1, 0.15) is 11.8 Å². The van der Waals surface area contributed by atoms with Gasteiger partial charge in [-0.2, -0.15) is 0 Å². The predicted molar refractivity (Wildman–Crippen MR) is 72.1 cm³/mol. The SMILES string of the molecule is CN(C(=O)OCc1ccccc1)c1cnc(Cl)cn1. The molecule has 0 fully saturated rings. The van der Waals surface area contributed by atoms with Crippen LogP contribution in [0.15, 0.2) is 42.7 Å². The zero-order chi connectivity index (χ0) is 13.7. The van der Waals surface area contributed by atoms with Crippen molar-refractivity contribution in [3.8, 4) is 0 Å². The highest BCUT2D eigenvalue weighted by Gasteiger charge is 2.13. The molecule has 1 aromatic carbocycles. The van der Waals surface area contributed by atoms with Crippen molar-refractivity contribution in [3.05, 3.63) is 53.4 Å². The molecule has 0 bridgehead atoms. The van der Waals surface area contributed by atoms with Crippen LogP contribution in [-0.2, 0) is 11.3 Å². The van der Waals surface area contributed by atoms with Crippen molar-refractivity contribution < 1.29 is 9.53 Å². The van der Waals surface area contributed by atoms with Gasteiger partial charge in [0.15, 0.2) is 5.82 Å². The van der Waals surface area contributed by atoms with E-state index in [-0.39, 0.29) is 11.8 Å². The summed E-state index contributed by atoms with van der Waals surface area (Å²) in [5.41, 5.74) is 0.923. The summed E-state index contributed by atoms with van der Waals surface area (Å²) in [6, 6.07) is 9.45. The zero-order valence-electron chi connectivity index (χ0n) is 10.3. The summed E-state index contributed by atoms with van der Waals surface area (Å²) in [6.45, 7) is 0.213. The van der Waals surface area contributed by atoms with E-state index in [4.69, 9.17) is 16.3 Å². The van der Waals surface area contributed by atoms with Gasteiger partial charge in [-0.25, -0.2) is 14.8 Å². The van der Waals surface area contributed by atoms with Crippen molar-refractivity contribution in [2.75, 3.05) is 11.9 Å². The lowest BCUT2D eigenvalue weighted by atomic mass is 10.2. The molecule has 0 aliphatic rings. The van der Waals surface area contributed by atoms with Crippen LogP contribution < -0.4 is 4.90 Å². The van der Waals surface area contributed by atoms with Crippen LogP contribution in [0.3, 0.4) is 0 Å². The first kappa shape index (κ1) is 13.3. The van der Waals surface area contributed by atoms with Crippen molar-refractivity contribution in [1.29, 1.82) is 0 Å². The van der Waals surface area contributed by atoms with Gasteiger partial charge < -0.3 is 4.74 Å². The number of benzene rings is 1. The van der Waals surface area contributed by atoms with E-state index >= 15 is 0 Å². The van der Waals surface area contributed by atoms with Crippen LogP contribution in [0, 0.1) is 0 Å². The summed E-state index contributed by atoms with van der Waals surface area (Å²) < 4.78 is 5.16. The average Bonchev–Trinajstić information content (AvgIpc) is 2.46. The lowest BCUT2D eigenvalue weighted by Gasteiger charge is -2.15. The molecule has 2 rings (SSSR count). The minimum atomic E-state index is -0.500. The van der Waals surface area contributed by atoms with E-state index in [9.17, 15) is 4.79 Å². The van der Waals surface area contributed by atoms with Crippen LogP contribution >= 0.6 is 11.6 Å². The molecule has 0 radical (unpaired) electrons. The fourth-order valence-corrected chi connectivity index (χ4v) is 1.49. The molecule has 5 nitrogen and oxygen atoms in total. The Morgan fingerprint density at radius 2 is 2.00 bits per heavy atom. The van der Waals surface area contributed by atoms with E-state index < -0.39 is 6.09 Å². The normalized spacial score (nSPS) is 10.0. The minimum absolute atomic E-state index is 0.213. The van der Waals surface area contributed by atoms with E-state index in [0.717, 1.165) is 5.56 Å². The maximum Gasteiger partial charge on any atom is 0.415 e. The Morgan fingerprint density at radius 3 is 2.63 bits per heavy atom. The highest BCUT2D eigenvalue weighted by Crippen LogP contribution is 2.11. The molecule has 2 aromatic rings. The Kier molecular flexibility index (Phi) is 4.30. The van der Waals surface area contributed by atoms with Crippen molar-refractivity contribution in [1.82, 2.24) is 9.97 Å². The molecule has 0 unspecified atom stereocenters. The van der Waals surface area contributed by atoms with E-state index in [1.807, 2.05) is 30.3 Å². The summed E-state index contributed by atoms with van der Waals surface area (Å²) in [4.78, 5) is 20.9. The highest BCUT2D eigenvalue weighted by molar-refractivity contribution is 6.29. The predicted octanol–water partition coefficient (Wildman–Crippen LogP) is 2.90. The summed E-state index contributed by atoms with van der Waals surface area (Å²) in [7, 11) is 1.56. The topological polar surface area (TPSA) is 55.3 Å². The molecular weight excluding hydrogens is 266 g/mol. The monoisotopic (exact) mass is 277 g/mol. The Hall–Kier alpha value is -2.14. The van der Waals surface area contributed by atoms with Crippen LogP contribution in [-0.4, -0.2) is 23.1 Å². The summed E-state index contributed by atoms with van der Waals surface area (Å²) in [5, 5.41) is 0.273. The van der Waals surface area contributed by atoms with Crippen molar-refractivity contribution in [2.45, 2.75) is 6.61 Å². The molecule has 0 atom stereocenters. The van der Waals surface area contributed by atoms with Crippen LogP contribution in [0.1, 0.15) is 5.56 Å². The number of carbonyl (C=O) groups is 1. The molecule has 6 heteroatoms. The van der Waals surface area contributed by atoms with Gasteiger partial charge in [-0.05, 0) is 5.56 Å². The third-order valence-electron chi connectivity index (χ3n) is 2.43. The Morgan fingerprint density at radius 1 is 1.26 bits per heavy atom. The number of nitrogens with zero attached hydrogens (tertiary/aromatic N) is 3. The first-order chi connectivity index (χ1) is 9.16. The Labute approximate surface area is 115 Å². The fourth-order valence-electron chi connectivity index (χ4n) is 1.39. The molecule has 1 heterocycles. The maximum atomic E-state index is 11.8.